The third-order valence-electron chi connectivity index (χ3n) is 5.14. The third kappa shape index (κ3) is 4.20. The number of benzene rings is 3. The number of aryl methyl sites for hydroxylation is 2. The maximum Gasteiger partial charge on any atom is 0.337 e. The first-order chi connectivity index (χ1) is 15.0. The zero-order chi connectivity index (χ0) is 22.0. The average Bonchev–Trinajstić information content (AvgIpc) is 3.26. The van der Waals surface area contributed by atoms with Gasteiger partial charge in [-0.15, -0.1) is 0 Å². The molecule has 31 heavy (non-hydrogen) atoms. The van der Waals surface area contributed by atoms with Gasteiger partial charge in [0.1, 0.15) is 0 Å². The Balaban J connectivity index is 1.76. The van der Waals surface area contributed by atoms with Crippen LogP contribution in [0.5, 0.6) is 0 Å². The number of esters is 1. The molecule has 3 aromatic carbocycles. The Kier molecular flexibility index (Phi) is 5.82. The van der Waals surface area contributed by atoms with Gasteiger partial charge in [-0.05, 0) is 54.8 Å². The lowest BCUT2D eigenvalue weighted by atomic mass is 10.1. The first-order valence-electron chi connectivity index (χ1n) is 9.89. The number of carbonyl (C=O) groups is 2. The number of anilines is 1. The fourth-order valence-corrected chi connectivity index (χ4v) is 4.49. The SMILES string of the molecule is COC(=O)c1ccc(C(=O)N(Cc2ccccc2)c2nc3c(C)ccc(C)c3s2)cc1. The molecule has 1 aromatic heterocycles. The Labute approximate surface area is 184 Å². The van der Waals surface area contributed by atoms with Crippen molar-refractivity contribution < 1.29 is 14.3 Å². The van der Waals surface area contributed by atoms with Gasteiger partial charge >= 0.3 is 5.97 Å². The summed E-state index contributed by atoms with van der Waals surface area (Å²) in [5.74, 6) is -0.605. The summed E-state index contributed by atoms with van der Waals surface area (Å²) in [5, 5.41) is 0.651. The second-order valence-electron chi connectivity index (χ2n) is 7.32. The summed E-state index contributed by atoms with van der Waals surface area (Å²) in [7, 11) is 1.33. The summed E-state index contributed by atoms with van der Waals surface area (Å²) in [6.45, 7) is 4.48. The number of hydrogen-bond acceptors (Lipinski definition) is 5. The number of aromatic nitrogens is 1. The zero-order valence-electron chi connectivity index (χ0n) is 17.6. The van der Waals surface area contributed by atoms with Gasteiger partial charge < -0.3 is 4.74 Å². The Morgan fingerprint density at radius 3 is 2.19 bits per heavy atom. The van der Waals surface area contributed by atoms with Gasteiger partial charge in [-0.2, -0.15) is 0 Å². The van der Waals surface area contributed by atoms with Crippen LogP contribution in [0.25, 0.3) is 10.2 Å². The van der Waals surface area contributed by atoms with Crippen molar-refractivity contribution in [3.8, 4) is 0 Å². The van der Waals surface area contributed by atoms with E-state index in [1.165, 1.54) is 18.4 Å². The number of hydrogen-bond donors (Lipinski definition) is 0. The molecule has 0 radical (unpaired) electrons. The molecule has 156 valence electrons. The molecule has 0 aliphatic carbocycles. The fraction of sp³-hybridized carbons (Fsp3) is 0.160. The van der Waals surface area contributed by atoms with Gasteiger partial charge in [0, 0.05) is 5.56 Å². The Morgan fingerprint density at radius 1 is 0.903 bits per heavy atom. The second-order valence-corrected chi connectivity index (χ2v) is 8.30. The number of ether oxygens (including phenoxy) is 1. The van der Waals surface area contributed by atoms with Crippen LogP contribution < -0.4 is 4.90 Å². The molecular formula is C25H22N2O3S. The number of carbonyl (C=O) groups excluding carboxylic acids is 2. The first-order valence-corrected chi connectivity index (χ1v) is 10.7. The van der Waals surface area contributed by atoms with Crippen LogP contribution in [-0.4, -0.2) is 24.0 Å². The molecule has 4 rings (SSSR count). The predicted molar refractivity (Wildman–Crippen MR) is 124 cm³/mol. The van der Waals surface area contributed by atoms with Crippen molar-refractivity contribution in [3.05, 3.63) is 94.5 Å². The highest BCUT2D eigenvalue weighted by Crippen LogP contribution is 2.34. The quantitative estimate of drug-likeness (QED) is 0.390. The monoisotopic (exact) mass is 430 g/mol. The Bertz CT molecular complexity index is 1210. The molecular weight excluding hydrogens is 408 g/mol. The first kappa shape index (κ1) is 20.8. The van der Waals surface area contributed by atoms with Crippen molar-refractivity contribution in [3.63, 3.8) is 0 Å². The number of thiazole rings is 1. The molecule has 0 fully saturated rings. The van der Waals surface area contributed by atoms with E-state index in [2.05, 4.69) is 19.1 Å². The zero-order valence-corrected chi connectivity index (χ0v) is 18.4. The minimum Gasteiger partial charge on any atom is -0.465 e. The summed E-state index contributed by atoms with van der Waals surface area (Å²) in [6.07, 6.45) is 0. The minimum absolute atomic E-state index is 0.172. The van der Waals surface area contributed by atoms with E-state index in [1.54, 1.807) is 29.2 Å². The van der Waals surface area contributed by atoms with E-state index in [9.17, 15) is 9.59 Å². The van der Waals surface area contributed by atoms with Crippen LogP contribution in [0, 0.1) is 13.8 Å². The Morgan fingerprint density at radius 2 is 1.55 bits per heavy atom. The molecule has 0 bridgehead atoms. The molecule has 1 heterocycles. The van der Waals surface area contributed by atoms with Crippen LogP contribution >= 0.6 is 11.3 Å². The van der Waals surface area contributed by atoms with Gasteiger partial charge in [0.15, 0.2) is 5.13 Å². The number of amides is 1. The molecule has 5 nitrogen and oxygen atoms in total. The van der Waals surface area contributed by atoms with Crippen molar-refractivity contribution >= 4 is 38.6 Å². The molecule has 6 heteroatoms. The van der Waals surface area contributed by atoms with E-state index in [4.69, 9.17) is 9.72 Å². The normalized spacial score (nSPS) is 10.8. The number of fused-ring (bicyclic) bond motifs is 1. The molecule has 0 aliphatic rings. The van der Waals surface area contributed by atoms with E-state index in [0.29, 0.717) is 22.8 Å². The van der Waals surface area contributed by atoms with Gasteiger partial charge in [-0.3, -0.25) is 9.69 Å². The maximum absolute atomic E-state index is 13.5. The summed E-state index contributed by atoms with van der Waals surface area (Å²) < 4.78 is 5.83. The largest absolute Gasteiger partial charge is 0.465 e. The number of nitrogens with zero attached hydrogens (tertiary/aromatic N) is 2. The second kappa shape index (κ2) is 8.70. The van der Waals surface area contributed by atoms with Crippen LogP contribution in [0.4, 0.5) is 5.13 Å². The van der Waals surface area contributed by atoms with E-state index in [1.807, 2.05) is 37.3 Å². The maximum atomic E-state index is 13.5. The van der Waals surface area contributed by atoms with Gasteiger partial charge in [0.2, 0.25) is 0 Å². The summed E-state index contributed by atoms with van der Waals surface area (Å²) in [6, 6.07) is 20.5. The topological polar surface area (TPSA) is 59.5 Å². The molecule has 0 spiro atoms. The highest BCUT2D eigenvalue weighted by Gasteiger charge is 2.23. The van der Waals surface area contributed by atoms with E-state index in [0.717, 1.165) is 26.9 Å². The lowest BCUT2D eigenvalue weighted by molar-refractivity contribution is 0.0600. The van der Waals surface area contributed by atoms with Crippen LogP contribution in [0.3, 0.4) is 0 Å². The predicted octanol–water partition coefficient (Wildman–Crippen LogP) is 5.55. The van der Waals surface area contributed by atoms with Gasteiger partial charge in [-0.25, -0.2) is 9.78 Å². The van der Waals surface area contributed by atoms with E-state index >= 15 is 0 Å². The third-order valence-corrected chi connectivity index (χ3v) is 6.36. The van der Waals surface area contributed by atoms with Crippen molar-refractivity contribution in [2.45, 2.75) is 20.4 Å². The molecule has 0 saturated carbocycles. The summed E-state index contributed by atoms with van der Waals surface area (Å²) in [5.41, 5.74) is 5.04. The van der Waals surface area contributed by atoms with Gasteiger partial charge in [-0.1, -0.05) is 53.8 Å². The number of methoxy groups -OCH3 is 1. The van der Waals surface area contributed by atoms with Crippen molar-refractivity contribution in [1.82, 2.24) is 4.98 Å². The standard InChI is InChI=1S/C25H22N2O3S/c1-16-9-10-17(2)22-21(16)26-25(31-22)27(15-18-7-5-4-6-8-18)23(28)19-11-13-20(14-12-19)24(29)30-3/h4-14H,15H2,1-3H3. The van der Waals surface area contributed by atoms with Crippen molar-refractivity contribution in [2.75, 3.05) is 12.0 Å². The minimum atomic E-state index is -0.433. The molecule has 0 atom stereocenters. The average molecular weight is 431 g/mol. The van der Waals surface area contributed by atoms with Crippen LogP contribution in [0.15, 0.2) is 66.7 Å². The molecule has 0 N–H and O–H groups in total. The van der Waals surface area contributed by atoms with Gasteiger partial charge in [0.05, 0.1) is 29.4 Å². The van der Waals surface area contributed by atoms with E-state index < -0.39 is 5.97 Å². The summed E-state index contributed by atoms with van der Waals surface area (Å²) in [4.78, 5) is 31.8. The molecule has 0 unspecified atom stereocenters. The van der Waals surface area contributed by atoms with Crippen molar-refractivity contribution in [1.29, 1.82) is 0 Å². The highest BCUT2D eigenvalue weighted by atomic mass is 32.1. The lowest BCUT2D eigenvalue weighted by Gasteiger charge is -2.20. The number of rotatable bonds is 5. The Hall–Kier alpha value is -3.51. The van der Waals surface area contributed by atoms with Crippen LogP contribution in [0.1, 0.15) is 37.4 Å². The van der Waals surface area contributed by atoms with Crippen molar-refractivity contribution in [2.24, 2.45) is 0 Å². The van der Waals surface area contributed by atoms with Crippen LogP contribution in [0.2, 0.25) is 0 Å². The van der Waals surface area contributed by atoms with E-state index in [-0.39, 0.29) is 5.91 Å². The summed E-state index contributed by atoms with van der Waals surface area (Å²) >= 11 is 1.52. The smallest absolute Gasteiger partial charge is 0.337 e. The molecule has 1 amide bonds. The highest BCUT2D eigenvalue weighted by molar-refractivity contribution is 7.22. The molecule has 0 aliphatic heterocycles. The lowest BCUT2D eigenvalue weighted by Crippen LogP contribution is -2.30. The molecule has 4 aromatic rings. The molecule has 0 saturated heterocycles. The van der Waals surface area contributed by atoms with Gasteiger partial charge in [0.25, 0.3) is 5.91 Å². The van der Waals surface area contributed by atoms with Crippen LogP contribution in [-0.2, 0) is 11.3 Å². The fourth-order valence-electron chi connectivity index (χ4n) is 3.38.